The molecule has 26 heteroatoms. The summed E-state index contributed by atoms with van der Waals surface area (Å²) in [7, 11) is -1.01. The van der Waals surface area contributed by atoms with Crippen LogP contribution in [0, 0.1) is 10.8 Å². The Kier molecular flexibility index (Phi) is 17.4. The Labute approximate surface area is 456 Å². The Morgan fingerprint density at radius 2 is 1.24 bits per heavy atom. The number of hydrogen-bond donors (Lipinski definition) is 4. The molecule has 0 aromatic carbocycles. The van der Waals surface area contributed by atoms with Gasteiger partial charge in [0.15, 0.2) is 17.0 Å². The molecule has 0 unspecified atom stereocenters. The number of nitrogens with one attached hydrogen (secondary N) is 1. The van der Waals surface area contributed by atoms with Crippen LogP contribution >= 0.6 is 27.7 Å². The summed E-state index contributed by atoms with van der Waals surface area (Å²) in [5.41, 5.74) is 16.8. The maximum absolute atomic E-state index is 13.5. The van der Waals surface area contributed by atoms with E-state index in [0.717, 1.165) is 105 Å². The number of aromatic nitrogens is 8. The van der Waals surface area contributed by atoms with Crippen LogP contribution in [0.25, 0.3) is 11.3 Å². The number of nitrogens with two attached hydrogens (primary N) is 3. The Morgan fingerprint density at radius 3 is 1.79 bits per heavy atom. The molecule has 7 N–H and O–H groups in total. The van der Waals surface area contributed by atoms with Crippen LogP contribution in [-0.2, 0) is 36.0 Å². The zero-order valence-corrected chi connectivity index (χ0v) is 46.3. The van der Waals surface area contributed by atoms with Gasteiger partial charge in [-0.15, -0.1) is 4.90 Å². The van der Waals surface area contributed by atoms with Crippen molar-refractivity contribution < 1.29 is 60.1 Å². The number of hydrogen-bond acceptors (Lipinski definition) is 14. The summed E-state index contributed by atoms with van der Waals surface area (Å²) in [6.45, 7) is 9.76. The van der Waals surface area contributed by atoms with Gasteiger partial charge in [0.25, 0.3) is 0 Å². The minimum absolute atomic E-state index is 0. The molecule has 2 saturated carbocycles. The van der Waals surface area contributed by atoms with E-state index >= 15 is 0 Å². The van der Waals surface area contributed by atoms with E-state index in [-0.39, 0.29) is 72.6 Å². The third-order valence-electron chi connectivity index (χ3n) is 14.0. The predicted molar refractivity (Wildman–Crippen MR) is 269 cm³/mol. The fourth-order valence-electron chi connectivity index (χ4n) is 10.1. The third kappa shape index (κ3) is 12.2. The molecule has 0 radical (unpaired) electrons. The summed E-state index contributed by atoms with van der Waals surface area (Å²) in [6, 6.07) is 5.65. The third-order valence-corrected chi connectivity index (χ3v) is 17.6. The maximum Gasteiger partial charge on any atom is 1.00 e. The fraction of sp³-hybridized carbons (Fsp3) is 0.522. The topological polar surface area (TPSA) is 200 Å². The van der Waals surface area contributed by atoms with Crippen molar-refractivity contribution in [1.29, 1.82) is 0 Å². The molecule has 2 aliphatic carbocycles. The van der Waals surface area contributed by atoms with Crippen molar-refractivity contribution in [2.45, 2.75) is 129 Å². The average molecular weight is 1130 g/mol. The average Bonchev–Trinajstić information content (AvgIpc) is 4.15. The molecule has 2 saturated heterocycles. The summed E-state index contributed by atoms with van der Waals surface area (Å²) in [5, 5.41) is 0. The van der Waals surface area contributed by atoms with E-state index in [0.29, 0.717) is 16.6 Å². The van der Waals surface area contributed by atoms with Crippen molar-refractivity contribution in [3.63, 3.8) is 0 Å². The number of piperidine rings is 2. The zero-order chi connectivity index (χ0) is 51.1. The van der Waals surface area contributed by atoms with Crippen LogP contribution in [0.15, 0.2) is 80.6 Å². The van der Waals surface area contributed by atoms with Crippen molar-refractivity contribution in [3.8, 4) is 0 Å². The number of alkyl halides is 6. The van der Waals surface area contributed by atoms with Gasteiger partial charge >= 0.3 is 41.9 Å². The Morgan fingerprint density at radius 1 is 0.722 bits per heavy atom. The van der Waals surface area contributed by atoms with E-state index in [9.17, 15) is 30.6 Å². The summed E-state index contributed by atoms with van der Waals surface area (Å²) in [6.07, 6.45) is 12.8. The normalized spacial score (nSPS) is 20.3. The van der Waals surface area contributed by atoms with Crippen LogP contribution in [0.4, 0.5) is 49.9 Å². The first kappa shape index (κ1) is 56.2. The van der Waals surface area contributed by atoms with Gasteiger partial charge < -0.3 is 39.6 Å². The van der Waals surface area contributed by atoms with Gasteiger partial charge in [-0.05, 0) is 117 Å². The van der Waals surface area contributed by atoms with Crippen LogP contribution in [-0.4, -0.2) is 85.9 Å². The molecule has 2 spiro atoms. The van der Waals surface area contributed by atoms with Gasteiger partial charge in [-0.2, -0.15) is 26.3 Å². The number of anilines is 4. The molecule has 15 nitrogen and oxygen atoms in total. The summed E-state index contributed by atoms with van der Waals surface area (Å²) < 4.78 is 97.2. The minimum Gasteiger partial charge on any atom is -0.778 e. The molecule has 3 atom stereocenters. The predicted octanol–water partition coefficient (Wildman–Crippen LogP) is 6.25. The standard InChI is InChI=1S/C21H24F3N7S.C19H28BrN5OS.C6H5F3N2S.Na/c22-21(23,24)17-13(3-4-16(26)29-17)32-14-12-28-19(31-11-8-27-18(14)31)30-9-6-20(7-10-30)5-1-2-15(20)25;1-18(2,3)27(26)23-15-5-4-6-19(15)7-10-24(11-8-19)17-22-13-14(20)16-21-9-12-25(16)17;7-6(8,9)5-3(12)1-2-4(10)11-5;/h3-4,8,11-12,15H,1-2,5-7,9-10,25H2,(H2,26,29);9,12-13,15,23H,4-8,10-11H2,1-3H3;1-2,12H,(H2,10,11);/q;;;+1/p-1/t15-;15-,27-;;/m11../s1. The van der Waals surface area contributed by atoms with Gasteiger partial charge in [0.05, 0.1) is 25.1 Å². The van der Waals surface area contributed by atoms with Crippen molar-refractivity contribution in [2.75, 3.05) is 47.4 Å². The van der Waals surface area contributed by atoms with Crippen molar-refractivity contribution in [3.05, 3.63) is 77.3 Å². The molecule has 2 aliphatic heterocycles. The van der Waals surface area contributed by atoms with Gasteiger partial charge in [0.2, 0.25) is 11.9 Å². The number of imidazole rings is 2. The Balaban J connectivity index is 0.000000172. The number of nitrogen functional groups attached to an aromatic ring is 2. The maximum atomic E-state index is 13.5. The fourth-order valence-corrected chi connectivity index (χ4v) is 12.7. The Bertz CT molecular complexity index is 2870. The van der Waals surface area contributed by atoms with Crippen LogP contribution in [0.1, 0.15) is 96.4 Å². The second-order valence-corrected chi connectivity index (χ2v) is 23.9. The molecule has 4 aliphatic rings. The first-order valence-corrected chi connectivity index (χ1v) is 26.4. The molecule has 384 valence electrons. The summed E-state index contributed by atoms with van der Waals surface area (Å²) in [5.74, 6) is 1.35. The zero-order valence-electron chi connectivity index (χ0n) is 40.3. The molecular formula is C46H56BrF6N14NaOS3. The van der Waals surface area contributed by atoms with Gasteiger partial charge in [-0.25, -0.2) is 38.8 Å². The number of fused-ring (bicyclic) bond motifs is 2. The largest absolute Gasteiger partial charge is 1.00 e. The van der Waals surface area contributed by atoms with E-state index in [1.165, 1.54) is 43.9 Å². The van der Waals surface area contributed by atoms with Crippen LogP contribution in [0.3, 0.4) is 0 Å². The van der Waals surface area contributed by atoms with E-state index < -0.39 is 34.7 Å². The SMILES string of the molecule is CC(C)(C)[S@@](=O)N[C@@H]1CCCC12CCN(c1ncc(Br)c3nccn13)CC2.Nc1ccc(Sc2cnc(N3CCC4(CCC[C@H]4N)CC3)n3ccnc23)c(C(F)(F)F)n1.Nc1ccc([S-])c(C(F)(F)F)n1.[Na+]. The molecule has 6 aromatic heterocycles. The molecule has 4 fully saturated rings. The van der Waals surface area contributed by atoms with Crippen LogP contribution in [0.2, 0.25) is 0 Å². The van der Waals surface area contributed by atoms with E-state index in [2.05, 4.69) is 77.4 Å². The van der Waals surface area contributed by atoms with Gasteiger partial charge in [0.1, 0.15) is 17.3 Å². The quantitative estimate of drug-likeness (QED) is 0.0829. The second kappa shape index (κ2) is 22.3. The monoisotopic (exact) mass is 1130 g/mol. The van der Waals surface area contributed by atoms with Gasteiger partial charge in [-0.1, -0.05) is 30.7 Å². The van der Waals surface area contributed by atoms with E-state index in [4.69, 9.17) is 17.2 Å². The molecule has 0 bridgehead atoms. The van der Waals surface area contributed by atoms with E-state index in [1.807, 2.05) is 43.8 Å². The first-order valence-electron chi connectivity index (χ1n) is 23.2. The summed E-state index contributed by atoms with van der Waals surface area (Å²) >= 11 is 8.89. The smallest absolute Gasteiger partial charge is 0.778 e. The van der Waals surface area contributed by atoms with Crippen molar-refractivity contribution in [2.24, 2.45) is 16.6 Å². The number of nitrogens with zero attached hydrogens (tertiary/aromatic N) is 10. The first-order chi connectivity index (χ1) is 33.5. The number of halogens is 7. The van der Waals surface area contributed by atoms with E-state index in [1.54, 1.807) is 18.6 Å². The molecule has 10 rings (SSSR count). The van der Waals surface area contributed by atoms with Gasteiger partial charge in [-0.3, -0.25) is 8.80 Å². The van der Waals surface area contributed by atoms with Crippen LogP contribution < -0.4 is 61.3 Å². The van der Waals surface area contributed by atoms with Crippen molar-refractivity contribution in [1.82, 2.24) is 43.4 Å². The molecule has 0 amide bonds. The molecular weight excluding hydrogens is 1080 g/mol. The van der Waals surface area contributed by atoms with Crippen molar-refractivity contribution >= 4 is 86.1 Å². The summed E-state index contributed by atoms with van der Waals surface area (Å²) in [4.78, 5) is 29.4. The minimum atomic E-state index is -4.61. The number of pyridine rings is 2. The van der Waals surface area contributed by atoms with Gasteiger partial charge in [0, 0.05) is 80.3 Å². The number of rotatable bonds is 6. The van der Waals surface area contributed by atoms with Crippen LogP contribution in [0.5, 0.6) is 0 Å². The molecule has 6 aromatic rings. The molecule has 72 heavy (non-hydrogen) atoms. The second-order valence-electron chi connectivity index (χ2n) is 19.5. The Hall–Kier alpha value is -3.56. The molecule has 8 heterocycles.